The van der Waals surface area contributed by atoms with E-state index in [0.29, 0.717) is 12.4 Å². The molecule has 0 saturated carbocycles. The van der Waals surface area contributed by atoms with Crippen molar-refractivity contribution < 1.29 is 4.79 Å². The van der Waals surface area contributed by atoms with E-state index in [1.807, 2.05) is 48.1 Å². The first-order chi connectivity index (χ1) is 11.7. The van der Waals surface area contributed by atoms with Gasteiger partial charge in [-0.05, 0) is 36.8 Å². The number of Topliss-reactive ketones (excluding diaryl/α,β-unsaturated/α-hetero) is 1. The number of benzene rings is 2. The Morgan fingerprint density at radius 2 is 2.12 bits per heavy atom. The Kier molecular flexibility index (Phi) is 3.66. The lowest BCUT2D eigenvalue weighted by Gasteiger charge is -2.07. The van der Waals surface area contributed by atoms with Crippen molar-refractivity contribution in [1.29, 1.82) is 0 Å². The van der Waals surface area contributed by atoms with E-state index < -0.39 is 0 Å². The van der Waals surface area contributed by atoms with Gasteiger partial charge in [0.2, 0.25) is 5.95 Å². The highest BCUT2D eigenvalue weighted by molar-refractivity contribution is 7.17. The number of ketones is 1. The Morgan fingerprint density at radius 1 is 1.21 bits per heavy atom. The molecular weight excluding hydrogens is 320 g/mol. The van der Waals surface area contributed by atoms with Crippen molar-refractivity contribution in [2.45, 2.75) is 13.3 Å². The monoisotopic (exact) mass is 334 g/mol. The van der Waals surface area contributed by atoms with Crippen molar-refractivity contribution in [1.82, 2.24) is 15.0 Å². The molecule has 0 saturated heterocycles. The number of hydrogen-bond donors (Lipinski definition) is 1. The molecule has 0 atom stereocenters. The van der Waals surface area contributed by atoms with Crippen LogP contribution in [0.4, 0.5) is 11.6 Å². The van der Waals surface area contributed by atoms with Crippen molar-refractivity contribution in [2.75, 3.05) is 5.32 Å². The zero-order valence-corrected chi connectivity index (χ0v) is 13.8. The quantitative estimate of drug-likeness (QED) is 0.608. The fraction of sp³-hybridized carbons (Fsp3) is 0.111. The van der Waals surface area contributed by atoms with Gasteiger partial charge in [0.25, 0.3) is 0 Å². The summed E-state index contributed by atoms with van der Waals surface area (Å²) in [5, 5.41) is 4.21. The Morgan fingerprint density at radius 3 is 3.00 bits per heavy atom. The average molecular weight is 334 g/mol. The molecule has 0 amide bonds. The van der Waals surface area contributed by atoms with Crippen LogP contribution in [-0.4, -0.2) is 20.7 Å². The summed E-state index contributed by atoms with van der Waals surface area (Å²) in [5.41, 5.74) is 5.50. The lowest BCUT2D eigenvalue weighted by atomic mass is 10.1. The first-order valence-electron chi connectivity index (χ1n) is 7.53. The number of carbonyl (C=O) groups is 1. The van der Waals surface area contributed by atoms with Gasteiger partial charge in [0.1, 0.15) is 5.78 Å². The molecule has 24 heavy (non-hydrogen) atoms. The smallest absolute Gasteiger partial charge is 0.227 e. The summed E-state index contributed by atoms with van der Waals surface area (Å²) < 4.78 is 1.06. The second-order valence-electron chi connectivity index (χ2n) is 5.60. The van der Waals surface area contributed by atoms with E-state index in [4.69, 9.17) is 0 Å². The van der Waals surface area contributed by atoms with E-state index in [0.717, 1.165) is 32.4 Å². The number of hydrogen-bond acceptors (Lipinski definition) is 6. The maximum atomic E-state index is 11.3. The fourth-order valence-corrected chi connectivity index (χ4v) is 3.44. The minimum absolute atomic E-state index is 0.140. The van der Waals surface area contributed by atoms with Gasteiger partial charge in [-0.25, -0.2) is 15.0 Å². The Hall–Kier alpha value is -2.86. The van der Waals surface area contributed by atoms with Gasteiger partial charge >= 0.3 is 0 Å². The average Bonchev–Trinajstić information content (AvgIpc) is 3.03. The van der Waals surface area contributed by atoms with Gasteiger partial charge in [-0.3, -0.25) is 4.79 Å². The molecule has 0 radical (unpaired) electrons. The lowest BCUT2D eigenvalue weighted by molar-refractivity contribution is -0.116. The molecule has 0 bridgehead atoms. The molecule has 2 aromatic heterocycles. The van der Waals surface area contributed by atoms with Gasteiger partial charge < -0.3 is 5.32 Å². The third-order valence-corrected chi connectivity index (χ3v) is 4.53. The molecule has 6 heteroatoms. The zero-order valence-electron chi connectivity index (χ0n) is 13.0. The van der Waals surface area contributed by atoms with Crippen LogP contribution in [0, 0.1) is 0 Å². The van der Waals surface area contributed by atoms with Crippen LogP contribution in [-0.2, 0) is 11.2 Å². The SMILES string of the molecule is CC(=O)Cc1cccc(Nc2ncc3ccc4ncsc4c3n2)c1. The predicted octanol–water partition coefficient (Wildman–Crippen LogP) is 4.11. The predicted molar refractivity (Wildman–Crippen MR) is 96.8 cm³/mol. The van der Waals surface area contributed by atoms with Gasteiger partial charge in [0.15, 0.2) is 0 Å². The van der Waals surface area contributed by atoms with Crippen LogP contribution in [0.15, 0.2) is 48.1 Å². The number of thiazole rings is 1. The molecule has 0 fully saturated rings. The highest BCUT2D eigenvalue weighted by Gasteiger charge is 2.07. The normalized spacial score (nSPS) is 11.0. The maximum absolute atomic E-state index is 11.3. The van der Waals surface area contributed by atoms with E-state index in [1.54, 1.807) is 18.3 Å². The van der Waals surface area contributed by atoms with Crippen molar-refractivity contribution in [3.05, 3.63) is 53.7 Å². The third-order valence-electron chi connectivity index (χ3n) is 3.68. The molecule has 0 aliphatic rings. The number of anilines is 2. The molecule has 2 aromatic carbocycles. The highest BCUT2D eigenvalue weighted by atomic mass is 32.1. The molecule has 0 aliphatic heterocycles. The molecule has 4 aromatic rings. The maximum Gasteiger partial charge on any atom is 0.227 e. The van der Waals surface area contributed by atoms with Crippen molar-refractivity contribution in [3.63, 3.8) is 0 Å². The van der Waals surface area contributed by atoms with Gasteiger partial charge in [-0.1, -0.05) is 12.1 Å². The molecule has 2 heterocycles. The molecule has 0 aliphatic carbocycles. The molecule has 0 spiro atoms. The topological polar surface area (TPSA) is 67.8 Å². The summed E-state index contributed by atoms with van der Waals surface area (Å²) >= 11 is 1.57. The van der Waals surface area contributed by atoms with Gasteiger partial charge in [0.05, 0.1) is 21.2 Å². The van der Waals surface area contributed by atoms with Crippen LogP contribution in [0.25, 0.3) is 21.1 Å². The summed E-state index contributed by atoms with van der Waals surface area (Å²) in [6.07, 6.45) is 2.23. The summed E-state index contributed by atoms with van der Waals surface area (Å²) in [7, 11) is 0. The van der Waals surface area contributed by atoms with Gasteiger partial charge in [-0.2, -0.15) is 0 Å². The minimum Gasteiger partial charge on any atom is -0.324 e. The zero-order chi connectivity index (χ0) is 16.5. The van der Waals surface area contributed by atoms with Gasteiger partial charge in [-0.15, -0.1) is 11.3 Å². The Bertz CT molecular complexity index is 1060. The Labute approximate surface area is 142 Å². The highest BCUT2D eigenvalue weighted by Crippen LogP contribution is 2.27. The summed E-state index contributed by atoms with van der Waals surface area (Å²) in [5.74, 6) is 0.671. The third kappa shape index (κ3) is 2.83. The van der Waals surface area contributed by atoms with Crippen LogP contribution < -0.4 is 5.32 Å². The van der Waals surface area contributed by atoms with Crippen LogP contribution in [0.5, 0.6) is 0 Å². The van der Waals surface area contributed by atoms with Crippen LogP contribution in [0.1, 0.15) is 12.5 Å². The van der Waals surface area contributed by atoms with E-state index >= 15 is 0 Å². The summed E-state index contributed by atoms with van der Waals surface area (Å²) in [6, 6.07) is 11.7. The summed E-state index contributed by atoms with van der Waals surface area (Å²) in [6.45, 7) is 1.59. The number of fused-ring (bicyclic) bond motifs is 3. The molecule has 0 unspecified atom stereocenters. The van der Waals surface area contributed by atoms with E-state index in [9.17, 15) is 4.79 Å². The van der Waals surface area contributed by atoms with E-state index in [-0.39, 0.29) is 5.78 Å². The summed E-state index contributed by atoms with van der Waals surface area (Å²) in [4.78, 5) is 24.6. The van der Waals surface area contributed by atoms with Crippen LogP contribution >= 0.6 is 11.3 Å². The number of carbonyl (C=O) groups excluding carboxylic acids is 1. The Balaban J connectivity index is 1.70. The standard InChI is InChI=1S/C18H14N4OS/c1-11(23)7-12-3-2-4-14(8-12)21-18-19-9-13-5-6-15-17(16(13)22-18)24-10-20-15/h2-6,8-10H,7H2,1H3,(H,19,21,22). The number of rotatable bonds is 4. The molecule has 4 rings (SSSR count). The molecule has 118 valence electrons. The number of aromatic nitrogens is 3. The number of nitrogens with zero attached hydrogens (tertiary/aromatic N) is 3. The van der Waals surface area contributed by atoms with E-state index in [1.165, 1.54) is 0 Å². The first-order valence-corrected chi connectivity index (χ1v) is 8.41. The molecule has 1 N–H and O–H groups in total. The molecular formula is C18H14N4OS. The number of nitrogens with one attached hydrogen (secondary N) is 1. The largest absolute Gasteiger partial charge is 0.324 e. The molecule has 5 nitrogen and oxygen atoms in total. The van der Waals surface area contributed by atoms with Crippen molar-refractivity contribution >= 4 is 49.9 Å². The van der Waals surface area contributed by atoms with Crippen molar-refractivity contribution in [3.8, 4) is 0 Å². The van der Waals surface area contributed by atoms with Gasteiger partial charge in [0, 0.05) is 23.7 Å². The first kappa shape index (κ1) is 14.7. The second kappa shape index (κ2) is 5.98. The fourth-order valence-electron chi connectivity index (χ4n) is 2.65. The van der Waals surface area contributed by atoms with Crippen LogP contribution in [0.3, 0.4) is 0 Å². The van der Waals surface area contributed by atoms with Crippen LogP contribution in [0.2, 0.25) is 0 Å². The minimum atomic E-state index is 0.140. The second-order valence-corrected chi connectivity index (χ2v) is 6.46. The van der Waals surface area contributed by atoms with Crippen molar-refractivity contribution in [2.24, 2.45) is 0 Å². The lowest BCUT2D eigenvalue weighted by Crippen LogP contribution is -2.00. The van der Waals surface area contributed by atoms with E-state index in [2.05, 4.69) is 20.3 Å².